The van der Waals surface area contributed by atoms with Gasteiger partial charge >= 0.3 is 0 Å². The topological polar surface area (TPSA) is 12.5 Å². The van der Waals surface area contributed by atoms with E-state index in [-0.39, 0.29) is 18.0 Å². The van der Waals surface area contributed by atoms with Crippen molar-refractivity contribution in [2.45, 2.75) is 45.4 Å². The zero-order valence-corrected chi connectivity index (χ0v) is 11.4. The second-order valence-electron chi connectivity index (χ2n) is 5.36. The summed E-state index contributed by atoms with van der Waals surface area (Å²) in [7, 11) is 0. The number of ether oxygens (including phenoxy) is 1. The Kier molecular flexibility index (Phi) is 4.36. The number of halogens is 1. The zero-order valence-electron chi connectivity index (χ0n) is 11.4. The molecule has 100 valence electrons. The van der Waals surface area contributed by atoms with Gasteiger partial charge in [0.05, 0.1) is 12.2 Å². The molecule has 0 bridgehead atoms. The number of rotatable bonds is 3. The third-order valence-electron chi connectivity index (χ3n) is 3.54. The fourth-order valence-corrected chi connectivity index (χ4v) is 2.69. The molecule has 0 saturated carbocycles. The van der Waals surface area contributed by atoms with E-state index in [4.69, 9.17) is 4.74 Å². The highest BCUT2D eigenvalue weighted by Gasteiger charge is 2.26. The maximum atomic E-state index is 13.6. The molecule has 2 nitrogen and oxygen atoms in total. The monoisotopic (exact) mass is 251 g/mol. The maximum absolute atomic E-state index is 13.6. The van der Waals surface area contributed by atoms with Crippen LogP contribution in [0.25, 0.3) is 0 Å². The van der Waals surface area contributed by atoms with E-state index in [0.29, 0.717) is 6.04 Å². The van der Waals surface area contributed by atoms with Gasteiger partial charge < -0.3 is 4.74 Å². The molecule has 1 heterocycles. The number of benzene rings is 1. The van der Waals surface area contributed by atoms with Crippen molar-refractivity contribution in [3.63, 3.8) is 0 Å². The smallest absolute Gasteiger partial charge is 0.126 e. The molecule has 0 aromatic heterocycles. The maximum Gasteiger partial charge on any atom is 0.126 e. The van der Waals surface area contributed by atoms with E-state index in [0.717, 1.165) is 25.1 Å². The molecule has 1 aliphatic rings. The van der Waals surface area contributed by atoms with Gasteiger partial charge in [-0.1, -0.05) is 18.2 Å². The van der Waals surface area contributed by atoms with Crippen LogP contribution in [0.3, 0.4) is 0 Å². The molecular weight excluding hydrogens is 229 g/mol. The molecule has 1 aromatic carbocycles. The van der Waals surface area contributed by atoms with Gasteiger partial charge in [-0.3, -0.25) is 4.90 Å². The van der Waals surface area contributed by atoms with Crippen LogP contribution >= 0.6 is 0 Å². The van der Waals surface area contributed by atoms with E-state index < -0.39 is 0 Å². The summed E-state index contributed by atoms with van der Waals surface area (Å²) < 4.78 is 19.4. The minimum absolute atomic E-state index is 0.0984. The van der Waals surface area contributed by atoms with Gasteiger partial charge in [-0.05, 0) is 38.8 Å². The Bertz CT molecular complexity index is 386. The van der Waals surface area contributed by atoms with E-state index in [9.17, 15) is 4.39 Å². The van der Waals surface area contributed by atoms with Crippen LogP contribution in [0.15, 0.2) is 24.3 Å². The van der Waals surface area contributed by atoms with E-state index in [1.54, 1.807) is 6.07 Å². The van der Waals surface area contributed by atoms with Gasteiger partial charge in [-0.25, -0.2) is 4.39 Å². The molecule has 1 saturated heterocycles. The normalized spacial score (nSPS) is 27.1. The van der Waals surface area contributed by atoms with E-state index in [2.05, 4.69) is 25.7 Å². The molecule has 1 aliphatic heterocycles. The molecule has 0 N–H and O–H groups in total. The van der Waals surface area contributed by atoms with Crippen LogP contribution in [0.1, 0.15) is 26.3 Å². The van der Waals surface area contributed by atoms with Crippen molar-refractivity contribution < 1.29 is 9.13 Å². The summed E-state index contributed by atoms with van der Waals surface area (Å²) in [6.07, 6.45) is 1.28. The largest absolute Gasteiger partial charge is 0.373 e. The van der Waals surface area contributed by atoms with Crippen LogP contribution in [0.4, 0.5) is 4.39 Å². The summed E-state index contributed by atoms with van der Waals surface area (Å²) in [5.74, 6) is -0.0984. The summed E-state index contributed by atoms with van der Waals surface area (Å²) in [5.41, 5.74) is 0.803. The van der Waals surface area contributed by atoms with E-state index >= 15 is 0 Å². The van der Waals surface area contributed by atoms with Gasteiger partial charge in [0.15, 0.2) is 0 Å². The SMILES string of the molecule is CC1CN(C(C)Cc2ccccc2F)CC(C)O1. The minimum Gasteiger partial charge on any atom is -0.373 e. The highest BCUT2D eigenvalue weighted by Crippen LogP contribution is 2.17. The van der Waals surface area contributed by atoms with Crippen molar-refractivity contribution in [1.29, 1.82) is 0 Å². The lowest BCUT2D eigenvalue weighted by Gasteiger charge is -2.39. The van der Waals surface area contributed by atoms with Crippen LogP contribution in [0.2, 0.25) is 0 Å². The predicted molar refractivity (Wildman–Crippen MR) is 71.1 cm³/mol. The Hall–Kier alpha value is -0.930. The molecule has 2 rings (SSSR count). The average Bonchev–Trinajstić information content (AvgIpc) is 2.31. The minimum atomic E-state index is -0.0984. The van der Waals surface area contributed by atoms with Gasteiger partial charge in [-0.2, -0.15) is 0 Å². The van der Waals surface area contributed by atoms with Crippen LogP contribution in [0.5, 0.6) is 0 Å². The van der Waals surface area contributed by atoms with Gasteiger partial charge in [-0.15, -0.1) is 0 Å². The molecule has 1 aromatic rings. The lowest BCUT2D eigenvalue weighted by molar-refractivity contribution is -0.0783. The Morgan fingerprint density at radius 2 is 1.89 bits per heavy atom. The summed E-state index contributed by atoms with van der Waals surface area (Å²) >= 11 is 0. The first kappa shape index (κ1) is 13.5. The van der Waals surface area contributed by atoms with E-state index in [1.807, 2.05) is 12.1 Å². The molecule has 3 atom stereocenters. The summed E-state index contributed by atoms with van der Waals surface area (Å²) in [5, 5.41) is 0. The average molecular weight is 251 g/mol. The molecule has 3 unspecified atom stereocenters. The molecule has 0 amide bonds. The molecule has 0 spiro atoms. The Balaban J connectivity index is 1.99. The lowest BCUT2D eigenvalue weighted by Crippen LogP contribution is -2.49. The standard InChI is InChI=1S/C15H22FNO/c1-11(8-14-6-4-5-7-15(14)16)17-9-12(2)18-13(3)10-17/h4-7,11-13H,8-10H2,1-3H3. The molecule has 0 radical (unpaired) electrons. The first-order chi connectivity index (χ1) is 8.56. The fourth-order valence-electron chi connectivity index (χ4n) is 2.69. The number of hydrogen-bond acceptors (Lipinski definition) is 2. The highest BCUT2D eigenvalue weighted by atomic mass is 19.1. The van der Waals surface area contributed by atoms with Crippen molar-refractivity contribution in [1.82, 2.24) is 4.90 Å². The molecule has 3 heteroatoms. The molecule has 18 heavy (non-hydrogen) atoms. The summed E-state index contributed by atoms with van der Waals surface area (Å²) in [4.78, 5) is 2.39. The second kappa shape index (κ2) is 5.81. The quantitative estimate of drug-likeness (QED) is 0.819. The first-order valence-corrected chi connectivity index (χ1v) is 6.69. The number of morpholine rings is 1. The van der Waals surface area contributed by atoms with Crippen molar-refractivity contribution >= 4 is 0 Å². The summed E-state index contributed by atoms with van der Waals surface area (Å²) in [6.45, 7) is 8.22. The molecule has 1 fully saturated rings. The van der Waals surface area contributed by atoms with Gasteiger partial charge in [0.1, 0.15) is 5.82 Å². The van der Waals surface area contributed by atoms with Crippen molar-refractivity contribution in [3.05, 3.63) is 35.6 Å². The van der Waals surface area contributed by atoms with Crippen LogP contribution in [0, 0.1) is 5.82 Å². The van der Waals surface area contributed by atoms with Gasteiger partial charge in [0, 0.05) is 19.1 Å². The zero-order chi connectivity index (χ0) is 13.1. The van der Waals surface area contributed by atoms with Crippen LogP contribution < -0.4 is 0 Å². The fraction of sp³-hybridized carbons (Fsp3) is 0.600. The van der Waals surface area contributed by atoms with Crippen molar-refractivity contribution in [2.75, 3.05) is 13.1 Å². The second-order valence-corrected chi connectivity index (χ2v) is 5.36. The predicted octanol–water partition coefficient (Wildman–Crippen LogP) is 2.87. The molecule has 0 aliphatic carbocycles. The summed E-state index contributed by atoms with van der Waals surface area (Å²) in [6, 6.07) is 7.39. The number of nitrogens with zero attached hydrogens (tertiary/aromatic N) is 1. The lowest BCUT2D eigenvalue weighted by atomic mass is 10.0. The first-order valence-electron chi connectivity index (χ1n) is 6.69. The van der Waals surface area contributed by atoms with Crippen molar-refractivity contribution in [3.8, 4) is 0 Å². The molecular formula is C15H22FNO. The Labute approximate surface area is 109 Å². The number of hydrogen-bond donors (Lipinski definition) is 0. The van der Waals surface area contributed by atoms with Crippen LogP contribution in [-0.2, 0) is 11.2 Å². The highest BCUT2D eigenvalue weighted by molar-refractivity contribution is 5.18. The van der Waals surface area contributed by atoms with Crippen molar-refractivity contribution in [2.24, 2.45) is 0 Å². The Morgan fingerprint density at radius 3 is 2.50 bits per heavy atom. The Morgan fingerprint density at radius 1 is 1.28 bits per heavy atom. The third-order valence-corrected chi connectivity index (χ3v) is 3.54. The van der Waals surface area contributed by atoms with E-state index in [1.165, 1.54) is 6.07 Å². The third kappa shape index (κ3) is 3.30. The van der Waals surface area contributed by atoms with Gasteiger partial charge in [0.2, 0.25) is 0 Å². The van der Waals surface area contributed by atoms with Crippen LogP contribution in [-0.4, -0.2) is 36.2 Å². The van der Waals surface area contributed by atoms with Gasteiger partial charge in [0.25, 0.3) is 0 Å².